The third-order valence-electron chi connectivity index (χ3n) is 3.95. The first-order valence-electron chi connectivity index (χ1n) is 7.15. The fourth-order valence-corrected chi connectivity index (χ4v) is 2.43. The molecule has 0 atom stereocenters. The lowest BCUT2D eigenvalue weighted by Gasteiger charge is -2.22. The molecule has 0 spiro atoms. The minimum absolute atomic E-state index is 0.245. The van der Waals surface area contributed by atoms with Crippen molar-refractivity contribution in [3.05, 3.63) is 36.0 Å². The van der Waals surface area contributed by atoms with Crippen molar-refractivity contribution in [1.29, 1.82) is 5.26 Å². The Morgan fingerprint density at radius 2 is 2.00 bits per heavy atom. The Hall–Kier alpha value is -2.41. The number of para-hydroxylation sites is 1. The summed E-state index contributed by atoms with van der Waals surface area (Å²) in [4.78, 5) is 17.0. The topological polar surface area (TPSA) is 65.8 Å². The molecule has 108 valence electrons. The fraction of sp³-hybridized carbons (Fsp3) is 0.353. The van der Waals surface area contributed by atoms with Crippen LogP contribution in [0.3, 0.4) is 0 Å². The first-order valence-corrected chi connectivity index (χ1v) is 7.15. The van der Waals surface area contributed by atoms with Crippen molar-refractivity contribution in [2.24, 2.45) is 5.41 Å². The minimum Gasteiger partial charge on any atom is -0.324 e. The number of anilines is 1. The summed E-state index contributed by atoms with van der Waals surface area (Å²) in [5, 5.41) is 13.2. The van der Waals surface area contributed by atoms with E-state index in [1.165, 1.54) is 0 Å². The van der Waals surface area contributed by atoms with E-state index in [1.807, 2.05) is 51.1 Å². The molecule has 1 aromatic carbocycles. The third-order valence-corrected chi connectivity index (χ3v) is 3.95. The number of hydrogen-bond donors (Lipinski definition) is 1. The van der Waals surface area contributed by atoms with Gasteiger partial charge in [-0.1, -0.05) is 32.0 Å². The number of aryl methyl sites for hydroxylation is 1. The number of carbonyl (C=O) groups excluding carboxylic acids is 1. The highest BCUT2D eigenvalue weighted by molar-refractivity contribution is 6.04. The van der Waals surface area contributed by atoms with Gasteiger partial charge in [-0.2, -0.15) is 5.26 Å². The summed E-state index contributed by atoms with van der Waals surface area (Å²) in [6.45, 7) is 5.61. The second-order valence-electron chi connectivity index (χ2n) is 5.18. The van der Waals surface area contributed by atoms with E-state index in [9.17, 15) is 10.1 Å². The standard InChI is InChI=1S/C17H19N3O/c1-4-17(5-2,11-18)16(21)20-15-10-12(3)19-14-9-7-6-8-13(14)15/h6-10H,4-5H2,1-3H3,(H,19,20,21). The van der Waals surface area contributed by atoms with Gasteiger partial charge in [0.1, 0.15) is 5.41 Å². The summed E-state index contributed by atoms with van der Waals surface area (Å²) in [6, 6.07) is 11.7. The Labute approximate surface area is 124 Å². The molecule has 0 saturated heterocycles. The zero-order valence-corrected chi connectivity index (χ0v) is 12.6. The maximum atomic E-state index is 12.5. The molecule has 4 heteroatoms. The molecular formula is C17H19N3O. The van der Waals surface area contributed by atoms with Crippen molar-refractivity contribution < 1.29 is 4.79 Å². The average Bonchev–Trinajstić information content (AvgIpc) is 2.49. The van der Waals surface area contributed by atoms with Crippen molar-refractivity contribution in [3.63, 3.8) is 0 Å². The number of nitrogens with zero attached hydrogens (tertiary/aromatic N) is 2. The number of pyridine rings is 1. The molecule has 0 unspecified atom stereocenters. The van der Waals surface area contributed by atoms with Crippen molar-refractivity contribution in [3.8, 4) is 6.07 Å². The van der Waals surface area contributed by atoms with E-state index in [4.69, 9.17) is 0 Å². The molecule has 0 aliphatic carbocycles. The van der Waals surface area contributed by atoms with Crippen molar-refractivity contribution in [2.75, 3.05) is 5.32 Å². The highest BCUT2D eigenvalue weighted by Crippen LogP contribution is 2.29. The second kappa shape index (κ2) is 5.92. The van der Waals surface area contributed by atoms with Crippen LogP contribution >= 0.6 is 0 Å². The lowest BCUT2D eigenvalue weighted by molar-refractivity contribution is -0.123. The highest BCUT2D eigenvalue weighted by atomic mass is 16.2. The van der Waals surface area contributed by atoms with Gasteiger partial charge in [0.05, 0.1) is 17.3 Å². The van der Waals surface area contributed by atoms with Crippen LogP contribution in [0.1, 0.15) is 32.4 Å². The monoisotopic (exact) mass is 281 g/mol. The first-order chi connectivity index (χ1) is 10.1. The Morgan fingerprint density at radius 1 is 1.33 bits per heavy atom. The summed E-state index contributed by atoms with van der Waals surface area (Å²) in [7, 11) is 0. The lowest BCUT2D eigenvalue weighted by Crippen LogP contribution is -2.34. The van der Waals surface area contributed by atoms with E-state index in [0.717, 1.165) is 16.6 Å². The molecule has 0 aliphatic heterocycles. The van der Waals surface area contributed by atoms with Crippen LogP contribution in [0.5, 0.6) is 0 Å². The summed E-state index contributed by atoms with van der Waals surface area (Å²) < 4.78 is 0. The smallest absolute Gasteiger partial charge is 0.244 e. The molecule has 1 amide bonds. The maximum absolute atomic E-state index is 12.5. The van der Waals surface area contributed by atoms with Crippen molar-refractivity contribution in [2.45, 2.75) is 33.6 Å². The Bertz CT molecular complexity index is 712. The number of nitriles is 1. The normalized spacial score (nSPS) is 11.1. The SMILES string of the molecule is CCC(C#N)(CC)C(=O)Nc1cc(C)nc2ccccc12. The Morgan fingerprint density at radius 3 is 2.62 bits per heavy atom. The second-order valence-corrected chi connectivity index (χ2v) is 5.18. The van der Waals surface area contributed by atoms with E-state index in [-0.39, 0.29) is 5.91 Å². The van der Waals surface area contributed by atoms with Crippen LogP contribution in [0.15, 0.2) is 30.3 Å². The van der Waals surface area contributed by atoms with Crippen LogP contribution in [-0.4, -0.2) is 10.9 Å². The van der Waals surface area contributed by atoms with Gasteiger partial charge in [0.15, 0.2) is 0 Å². The van der Waals surface area contributed by atoms with Gasteiger partial charge in [0.2, 0.25) is 5.91 Å². The van der Waals surface area contributed by atoms with Crippen LogP contribution in [0.4, 0.5) is 5.69 Å². The quantitative estimate of drug-likeness (QED) is 0.926. The molecular weight excluding hydrogens is 262 g/mol. The summed E-state index contributed by atoms with van der Waals surface area (Å²) >= 11 is 0. The van der Waals surface area contributed by atoms with Gasteiger partial charge in [0, 0.05) is 11.1 Å². The summed E-state index contributed by atoms with van der Waals surface area (Å²) in [5.74, 6) is -0.245. The largest absolute Gasteiger partial charge is 0.324 e. The molecule has 0 fully saturated rings. The van der Waals surface area contributed by atoms with Crippen LogP contribution in [-0.2, 0) is 4.79 Å². The predicted molar refractivity (Wildman–Crippen MR) is 83.7 cm³/mol. The van der Waals surface area contributed by atoms with Gasteiger partial charge in [-0.3, -0.25) is 9.78 Å². The van der Waals surface area contributed by atoms with Gasteiger partial charge in [0.25, 0.3) is 0 Å². The van der Waals surface area contributed by atoms with Crippen molar-refractivity contribution in [1.82, 2.24) is 4.98 Å². The zero-order valence-electron chi connectivity index (χ0n) is 12.6. The number of hydrogen-bond acceptors (Lipinski definition) is 3. The number of aromatic nitrogens is 1. The Balaban J connectivity index is 2.45. The first kappa shape index (κ1) is 15.0. The Kier molecular flexibility index (Phi) is 4.23. The lowest BCUT2D eigenvalue weighted by atomic mass is 9.83. The van der Waals surface area contributed by atoms with E-state index >= 15 is 0 Å². The predicted octanol–water partition coefficient (Wildman–Crippen LogP) is 3.81. The van der Waals surface area contributed by atoms with Gasteiger partial charge < -0.3 is 5.32 Å². The van der Waals surface area contributed by atoms with Crippen LogP contribution in [0.25, 0.3) is 10.9 Å². The van der Waals surface area contributed by atoms with E-state index in [1.54, 1.807) is 0 Å². The van der Waals surface area contributed by atoms with Gasteiger partial charge in [-0.15, -0.1) is 0 Å². The minimum atomic E-state index is -0.974. The molecule has 2 rings (SSSR count). The molecule has 0 radical (unpaired) electrons. The number of fused-ring (bicyclic) bond motifs is 1. The molecule has 21 heavy (non-hydrogen) atoms. The van der Waals surface area contributed by atoms with Crippen LogP contribution in [0.2, 0.25) is 0 Å². The third kappa shape index (κ3) is 2.73. The zero-order chi connectivity index (χ0) is 15.5. The summed E-state index contributed by atoms with van der Waals surface area (Å²) in [6.07, 6.45) is 0.988. The molecule has 1 heterocycles. The van der Waals surface area contributed by atoms with Crippen molar-refractivity contribution >= 4 is 22.5 Å². The maximum Gasteiger partial charge on any atom is 0.244 e. The van der Waals surface area contributed by atoms with E-state index < -0.39 is 5.41 Å². The van der Waals surface area contributed by atoms with Crippen LogP contribution < -0.4 is 5.32 Å². The molecule has 1 N–H and O–H groups in total. The number of nitrogens with one attached hydrogen (secondary N) is 1. The molecule has 0 aliphatic rings. The number of carbonyl (C=O) groups is 1. The molecule has 0 bridgehead atoms. The number of rotatable bonds is 4. The van der Waals surface area contributed by atoms with E-state index in [0.29, 0.717) is 18.5 Å². The molecule has 0 saturated carbocycles. The highest BCUT2D eigenvalue weighted by Gasteiger charge is 2.35. The van der Waals surface area contributed by atoms with E-state index in [2.05, 4.69) is 16.4 Å². The molecule has 4 nitrogen and oxygen atoms in total. The van der Waals surface area contributed by atoms with Crippen LogP contribution in [0, 0.1) is 23.7 Å². The number of amides is 1. The van der Waals surface area contributed by atoms with Gasteiger partial charge >= 0.3 is 0 Å². The fourth-order valence-electron chi connectivity index (χ4n) is 2.43. The molecule has 2 aromatic rings. The summed E-state index contributed by atoms with van der Waals surface area (Å²) in [5.41, 5.74) is 1.41. The number of benzene rings is 1. The van der Waals surface area contributed by atoms with Gasteiger partial charge in [-0.05, 0) is 31.9 Å². The van der Waals surface area contributed by atoms with Gasteiger partial charge in [-0.25, -0.2) is 0 Å². The average molecular weight is 281 g/mol. The molecule has 1 aromatic heterocycles.